The summed E-state index contributed by atoms with van der Waals surface area (Å²) in [5.41, 5.74) is 1.60. The summed E-state index contributed by atoms with van der Waals surface area (Å²) in [5, 5.41) is 3.47. The number of carbonyl (C=O) groups is 1. The molecule has 7 heteroatoms. The van der Waals surface area contributed by atoms with Crippen LogP contribution in [0.2, 0.25) is 15.3 Å². The summed E-state index contributed by atoms with van der Waals surface area (Å²) in [7, 11) is 0. The van der Waals surface area contributed by atoms with Gasteiger partial charge in [0.25, 0.3) is 5.91 Å². The molecule has 0 saturated heterocycles. The van der Waals surface area contributed by atoms with Crippen LogP contribution in [0.4, 0.5) is 5.69 Å². The molecule has 0 aromatic carbocycles. The van der Waals surface area contributed by atoms with Gasteiger partial charge in [-0.1, -0.05) is 34.8 Å². The molecule has 98 valence electrons. The number of carbonyl (C=O) groups excluding carboxylic acids is 1. The molecule has 0 radical (unpaired) electrons. The molecule has 2 aromatic rings. The Labute approximate surface area is 124 Å². The highest BCUT2D eigenvalue weighted by Crippen LogP contribution is 2.21. The molecule has 0 bridgehead atoms. The van der Waals surface area contributed by atoms with Gasteiger partial charge in [-0.3, -0.25) is 4.79 Å². The van der Waals surface area contributed by atoms with Crippen LogP contribution in [0.5, 0.6) is 0 Å². The van der Waals surface area contributed by atoms with Gasteiger partial charge in [0.2, 0.25) is 0 Å². The molecule has 2 aromatic heterocycles. The van der Waals surface area contributed by atoms with Crippen molar-refractivity contribution in [2.45, 2.75) is 6.92 Å². The lowest BCUT2D eigenvalue weighted by atomic mass is 10.2. The molecule has 1 amide bonds. The predicted molar refractivity (Wildman–Crippen MR) is 76.2 cm³/mol. The molecule has 0 spiro atoms. The Morgan fingerprint density at radius 1 is 1.11 bits per heavy atom. The molecule has 2 heterocycles. The molecule has 0 aliphatic heterocycles. The van der Waals surface area contributed by atoms with Crippen molar-refractivity contribution < 1.29 is 4.79 Å². The van der Waals surface area contributed by atoms with Crippen molar-refractivity contribution in [1.82, 2.24) is 9.97 Å². The SMILES string of the molecule is Cc1cc(Cl)ncc1NC(=O)c1cc(Cl)ncc1Cl. The van der Waals surface area contributed by atoms with Gasteiger partial charge in [-0.25, -0.2) is 9.97 Å². The van der Waals surface area contributed by atoms with Gasteiger partial charge in [0.1, 0.15) is 10.3 Å². The summed E-state index contributed by atoms with van der Waals surface area (Å²) in [6.45, 7) is 1.81. The molecule has 19 heavy (non-hydrogen) atoms. The fourth-order valence-electron chi connectivity index (χ4n) is 1.43. The zero-order chi connectivity index (χ0) is 14.0. The van der Waals surface area contributed by atoms with Crippen molar-refractivity contribution in [3.05, 3.63) is 51.0 Å². The van der Waals surface area contributed by atoms with Crippen LogP contribution in [0.15, 0.2) is 24.5 Å². The Bertz CT molecular complexity index is 646. The van der Waals surface area contributed by atoms with Gasteiger partial charge >= 0.3 is 0 Å². The summed E-state index contributed by atoms with van der Waals surface area (Å²) in [6.07, 6.45) is 2.80. The van der Waals surface area contributed by atoms with Gasteiger partial charge in [0.05, 0.1) is 22.5 Å². The largest absolute Gasteiger partial charge is 0.320 e. The number of rotatable bonds is 2. The minimum absolute atomic E-state index is 0.195. The van der Waals surface area contributed by atoms with Crippen LogP contribution < -0.4 is 5.32 Å². The van der Waals surface area contributed by atoms with E-state index in [-0.39, 0.29) is 21.6 Å². The highest BCUT2D eigenvalue weighted by Gasteiger charge is 2.13. The number of aryl methyl sites for hydroxylation is 1. The van der Waals surface area contributed by atoms with Crippen LogP contribution in [-0.4, -0.2) is 15.9 Å². The number of nitrogens with zero attached hydrogens (tertiary/aromatic N) is 2. The van der Waals surface area contributed by atoms with Crippen molar-refractivity contribution in [3.8, 4) is 0 Å². The van der Waals surface area contributed by atoms with E-state index in [0.29, 0.717) is 10.8 Å². The number of hydrogen-bond donors (Lipinski definition) is 1. The molecular weight excluding hydrogens is 309 g/mol. The summed E-state index contributed by atoms with van der Waals surface area (Å²) < 4.78 is 0. The maximum Gasteiger partial charge on any atom is 0.257 e. The summed E-state index contributed by atoms with van der Waals surface area (Å²) in [4.78, 5) is 19.8. The van der Waals surface area contributed by atoms with Crippen molar-refractivity contribution >= 4 is 46.4 Å². The zero-order valence-electron chi connectivity index (χ0n) is 9.75. The molecule has 0 atom stereocenters. The van der Waals surface area contributed by atoms with Crippen molar-refractivity contribution in [2.24, 2.45) is 0 Å². The first-order valence-corrected chi connectivity index (χ1v) is 6.35. The lowest BCUT2D eigenvalue weighted by Gasteiger charge is -2.09. The van der Waals surface area contributed by atoms with E-state index in [2.05, 4.69) is 15.3 Å². The van der Waals surface area contributed by atoms with Gasteiger partial charge in [-0.2, -0.15) is 0 Å². The van der Waals surface area contributed by atoms with E-state index in [1.54, 1.807) is 6.07 Å². The standard InChI is InChI=1S/C12H8Cl3N3O/c1-6-2-10(14)17-5-9(6)18-12(19)7-3-11(15)16-4-8(7)13/h2-5H,1H3,(H,18,19). The number of pyridine rings is 2. The van der Waals surface area contributed by atoms with E-state index < -0.39 is 0 Å². The van der Waals surface area contributed by atoms with E-state index in [4.69, 9.17) is 34.8 Å². The van der Waals surface area contributed by atoms with E-state index in [0.717, 1.165) is 5.56 Å². The average Bonchev–Trinajstić information content (AvgIpc) is 2.35. The zero-order valence-corrected chi connectivity index (χ0v) is 12.0. The first-order valence-electron chi connectivity index (χ1n) is 5.22. The van der Waals surface area contributed by atoms with Crippen LogP contribution in [0.1, 0.15) is 15.9 Å². The second-order valence-corrected chi connectivity index (χ2v) is 4.94. The molecule has 0 unspecified atom stereocenters. The Balaban J connectivity index is 2.28. The summed E-state index contributed by atoms with van der Waals surface area (Å²) in [5.74, 6) is -0.387. The number of hydrogen-bond acceptors (Lipinski definition) is 3. The van der Waals surface area contributed by atoms with E-state index >= 15 is 0 Å². The normalized spacial score (nSPS) is 10.3. The van der Waals surface area contributed by atoms with Crippen molar-refractivity contribution in [3.63, 3.8) is 0 Å². The molecule has 1 N–H and O–H groups in total. The quantitative estimate of drug-likeness (QED) is 0.852. The van der Waals surface area contributed by atoms with Crippen LogP contribution in [0.25, 0.3) is 0 Å². The lowest BCUT2D eigenvalue weighted by Crippen LogP contribution is -2.13. The first kappa shape index (κ1) is 14.1. The van der Waals surface area contributed by atoms with Gasteiger partial charge in [-0.15, -0.1) is 0 Å². The molecule has 2 rings (SSSR count). The molecule has 0 saturated carbocycles. The fraction of sp³-hybridized carbons (Fsp3) is 0.0833. The number of nitrogens with one attached hydrogen (secondary N) is 1. The van der Waals surface area contributed by atoms with Gasteiger partial charge in [0, 0.05) is 6.20 Å². The van der Waals surface area contributed by atoms with Crippen LogP contribution in [0, 0.1) is 6.92 Å². The fourth-order valence-corrected chi connectivity index (χ4v) is 1.99. The van der Waals surface area contributed by atoms with E-state index in [1.165, 1.54) is 18.5 Å². The van der Waals surface area contributed by atoms with Gasteiger partial charge in [0.15, 0.2) is 0 Å². The minimum atomic E-state index is -0.387. The third-order valence-electron chi connectivity index (χ3n) is 2.39. The van der Waals surface area contributed by atoms with Crippen LogP contribution >= 0.6 is 34.8 Å². The number of anilines is 1. The Kier molecular flexibility index (Phi) is 4.24. The Morgan fingerprint density at radius 2 is 1.74 bits per heavy atom. The van der Waals surface area contributed by atoms with Crippen LogP contribution in [-0.2, 0) is 0 Å². The maximum absolute atomic E-state index is 12.1. The minimum Gasteiger partial charge on any atom is -0.320 e. The molecule has 0 fully saturated rings. The number of amides is 1. The summed E-state index contributed by atoms with van der Waals surface area (Å²) in [6, 6.07) is 3.05. The lowest BCUT2D eigenvalue weighted by molar-refractivity contribution is 0.102. The third-order valence-corrected chi connectivity index (χ3v) is 3.11. The topological polar surface area (TPSA) is 54.9 Å². The second-order valence-electron chi connectivity index (χ2n) is 3.76. The van der Waals surface area contributed by atoms with E-state index in [1.807, 2.05) is 6.92 Å². The Hall–Kier alpha value is -1.36. The number of halogens is 3. The first-order chi connectivity index (χ1) is 8.97. The Morgan fingerprint density at radius 3 is 2.42 bits per heavy atom. The average molecular weight is 317 g/mol. The molecular formula is C12H8Cl3N3O. The monoisotopic (exact) mass is 315 g/mol. The molecule has 4 nitrogen and oxygen atoms in total. The van der Waals surface area contributed by atoms with Crippen LogP contribution in [0.3, 0.4) is 0 Å². The van der Waals surface area contributed by atoms with Crippen molar-refractivity contribution in [2.75, 3.05) is 5.32 Å². The maximum atomic E-state index is 12.1. The van der Waals surface area contributed by atoms with Gasteiger partial charge in [-0.05, 0) is 24.6 Å². The molecule has 0 aliphatic rings. The molecule has 0 aliphatic carbocycles. The van der Waals surface area contributed by atoms with E-state index in [9.17, 15) is 4.79 Å². The predicted octanol–water partition coefficient (Wildman–Crippen LogP) is 4.00. The highest BCUT2D eigenvalue weighted by atomic mass is 35.5. The smallest absolute Gasteiger partial charge is 0.257 e. The number of aromatic nitrogens is 2. The van der Waals surface area contributed by atoms with Gasteiger partial charge < -0.3 is 5.32 Å². The highest BCUT2D eigenvalue weighted by molar-refractivity contribution is 6.35. The third kappa shape index (κ3) is 3.35. The summed E-state index contributed by atoms with van der Waals surface area (Å²) >= 11 is 17.4. The van der Waals surface area contributed by atoms with Crippen molar-refractivity contribution in [1.29, 1.82) is 0 Å². The second kappa shape index (κ2) is 5.74.